The van der Waals surface area contributed by atoms with Gasteiger partial charge in [0.25, 0.3) is 0 Å². The maximum absolute atomic E-state index is 14.0. The molecule has 1 aliphatic heterocycles. The van der Waals surface area contributed by atoms with Crippen LogP contribution in [0.1, 0.15) is 44.6 Å². The summed E-state index contributed by atoms with van der Waals surface area (Å²) >= 11 is 0. The molecule has 0 radical (unpaired) electrons. The Balaban J connectivity index is 1.74. The Bertz CT molecular complexity index is 1250. The van der Waals surface area contributed by atoms with Crippen molar-refractivity contribution in [2.45, 2.75) is 39.0 Å². The van der Waals surface area contributed by atoms with Crippen molar-refractivity contribution in [1.82, 2.24) is 0 Å². The number of allylic oxidation sites excluding steroid dienone is 2. The Hall–Kier alpha value is -3.27. The highest BCUT2D eigenvalue weighted by Gasteiger charge is 2.44. The number of fused-ring (bicyclic) bond motifs is 1. The lowest BCUT2D eigenvalue weighted by Crippen LogP contribution is -2.43. The van der Waals surface area contributed by atoms with Crippen LogP contribution in [0.3, 0.4) is 0 Å². The van der Waals surface area contributed by atoms with Gasteiger partial charge in [0.1, 0.15) is 5.82 Å². The molecule has 3 nitrogen and oxygen atoms in total. The Morgan fingerprint density at radius 1 is 0.935 bits per heavy atom. The number of carbonyl (C=O) groups is 2. The summed E-state index contributed by atoms with van der Waals surface area (Å²) in [5.41, 5.74) is 2.66. The molecule has 31 heavy (non-hydrogen) atoms. The van der Waals surface area contributed by atoms with Crippen molar-refractivity contribution in [1.29, 1.82) is 0 Å². The monoisotopic (exact) mass is 413 g/mol. The summed E-state index contributed by atoms with van der Waals surface area (Å²) in [4.78, 5) is 28.5. The number of hydrogen-bond acceptors (Lipinski definition) is 2. The highest BCUT2D eigenvalue weighted by molar-refractivity contribution is 6.08. The van der Waals surface area contributed by atoms with E-state index in [1.165, 1.54) is 12.1 Å². The number of Topliss-reactive ketones (excluding diaryl/α,β-unsaturated/α-hetero) is 1. The van der Waals surface area contributed by atoms with Crippen molar-refractivity contribution >= 4 is 28.2 Å². The van der Waals surface area contributed by atoms with E-state index in [-0.39, 0.29) is 29.4 Å². The van der Waals surface area contributed by atoms with Crippen LogP contribution in [-0.4, -0.2) is 11.7 Å². The first-order valence-corrected chi connectivity index (χ1v) is 10.7. The molecular weight excluding hydrogens is 389 g/mol. The Labute approximate surface area is 181 Å². The third-order valence-electron chi connectivity index (χ3n) is 6.41. The van der Waals surface area contributed by atoms with Gasteiger partial charge in [0.2, 0.25) is 5.91 Å². The lowest BCUT2D eigenvalue weighted by molar-refractivity contribution is -0.120. The van der Waals surface area contributed by atoms with Gasteiger partial charge in [-0.1, -0.05) is 62.4 Å². The molecule has 1 unspecified atom stereocenters. The van der Waals surface area contributed by atoms with E-state index in [2.05, 4.69) is 0 Å². The fourth-order valence-corrected chi connectivity index (χ4v) is 5.15. The molecule has 0 N–H and O–H groups in total. The second kappa shape index (κ2) is 7.16. The molecule has 1 atom stereocenters. The molecule has 156 valence electrons. The predicted octanol–water partition coefficient (Wildman–Crippen LogP) is 6.14. The van der Waals surface area contributed by atoms with Gasteiger partial charge < -0.3 is 0 Å². The van der Waals surface area contributed by atoms with E-state index >= 15 is 0 Å². The zero-order valence-corrected chi connectivity index (χ0v) is 17.7. The lowest BCUT2D eigenvalue weighted by Gasteiger charge is -2.43. The van der Waals surface area contributed by atoms with Crippen LogP contribution in [-0.2, 0) is 9.59 Å². The molecule has 1 amide bonds. The topological polar surface area (TPSA) is 37.4 Å². The number of hydrogen-bond donors (Lipinski definition) is 0. The molecule has 2 aliphatic rings. The fraction of sp³-hybridized carbons (Fsp3) is 0.259. The Kier molecular flexibility index (Phi) is 4.54. The maximum Gasteiger partial charge on any atom is 0.232 e. The summed E-state index contributed by atoms with van der Waals surface area (Å²) in [6.07, 6.45) is 1.23. The third-order valence-corrected chi connectivity index (χ3v) is 6.41. The molecule has 0 aromatic heterocycles. The molecule has 0 saturated carbocycles. The summed E-state index contributed by atoms with van der Waals surface area (Å²) in [5.74, 6) is -0.710. The fourth-order valence-electron chi connectivity index (χ4n) is 5.15. The highest BCUT2D eigenvalue weighted by atomic mass is 19.1. The number of amides is 1. The standard InChI is InChI=1S/C27H24FNO2/c1-27(2)15-23-26(24(30)16-27)22(21-12-5-8-17-7-3-4-11-20(17)21)14-25(31)29(23)19-10-6-9-18(28)13-19/h3-13,22H,14-16H2,1-2H3. The number of carbonyl (C=O) groups excluding carboxylic acids is 2. The molecule has 3 aromatic rings. The number of nitrogens with zero attached hydrogens (tertiary/aromatic N) is 1. The van der Waals surface area contributed by atoms with Crippen molar-refractivity contribution in [3.05, 3.63) is 89.4 Å². The number of ketones is 1. The van der Waals surface area contributed by atoms with Gasteiger partial charge in [-0.25, -0.2) is 4.39 Å². The second-order valence-corrected chi connectivity index (χ2v) is 9.34. The first-order chi connectivity index (χ1) is 14.8. The first kappa shape index (κ1) is 19.7. The Morgan fingerprint density at radius 3 is 2.48 bits per heavy atom. The summed E-state index contributed by atoms with van der Waals surface area (Å²) in [7, 11) is 0. The van der Waals surface area contributed by atoms with Crippen LogP contribution in [0.2, 0.25) is 0 Å². The SMILES string of the molecule is CC1(C)CC(=O)C2=C(C1)N(c1cccc(F)c1)C(=O)CC2c1cccc2ccccc12. The minimum Gasteiger partial charge on any atom is -0.294 e. The lowest BCUT2D eigenvalue weighted by atomic mass is 9.69. The van der Waals surface area contributed by atoms with Crippen LogP contribution in [0.25, 0.3) is 10.8 Å². The predicted molar refractivity (Wildman–Crippen MR) is 120 cm³/mol. The smallest absolute Gasteiger partial charge is 0.232 e. The van der Waals surface area contributed by atoms with Crippen LogP contribution in [0.4, 0.5) is 10.1 Å². The van der Waals surface area contributed by atoms with Gasteiger partial charge in [0, 0.05) is 30.0 Å². The summed E-state index contributed by atoms with van der Waals surface area (Å²) in [6, 6.07) is 20.2. The second-order valence-electron chi connectivity index (χ2n) is 9.34. The molecule has 5 rings (SSSR count). The normalized spacial score (nSPS) is 20.9. The quantitative estimate of drug-likeness (QED) is 0.506. The van der Waals surface area contributed by atoms with Crippen LogP contribution in [0.5, 0.6) is 0 Å². The van der Waals surface area contributed by atoms with Crippen LogP contribution in [0, 0.1) is 11.2 Å². The minimum atomic E-state index is -0.398. The number of benzene rings is 3. The van der Waals surface area contributed by atoms with Gasteiger partial charge in [-0.2, -0.15) is 0 Å². The van der Waals surface area contributed by atoms with Crippen molar-refractivity contribution in [2.75, 3.05) is 4.90 Å². The van der Waals surface area contributed by atoms with Crippen molar-refractivity contribution < 1.29 is 14.0 Å². The number of halogens is 1. The van der Waals surface area contributed by atoms with E-state index in [0.717, 1.165) is 22.0 Å². The average Bonchev–Trinajstić information content (AvgIpc) is 2.71. The van der Waals surface area contributed by atoms with Gasteiger partial charge in [0.15, 0.2) is 5.78 Å². The average molecular weight is 413 g/mol. The van der Waals surface area contributed by atoms with E-state index in [1.54, 1.807) is 17.0 Å². The molecular formula is C27H24FNO2. The zero-order valence-electron chi connectivity index (χ0n) is 17.7. The summed E-state index contributed by atoms with van der Waals surface area (Å²) in [6.45, 7) is 4.09. The molecule has 1 aliphatic carbocycles. The zero-order chi connectivity index (χ0) is 21.8. The van der Waals surface area contributed by atoms with Gasteiger partial charge >= 0.3 is 0 Å². The van der Waals surface area contributed by atoms with Crippen LogP contribution >= 0.6 is 0 Å². The van der Waals surface area contributed by atoms with Crippen molar-refractivity contribution in [3.8, 4) is 0 Å². The first-order valence-electron chi connectivity index (χ1n) is 10.7. The minimum absolute atomic E-state index is 0.0816. The molecule has 4 heteroatoms. The van der Waals surface area contributed by atoms with Crippen LogP contribution < -0.4 is 4.90 Å². The summed E-state index contributed by atoms with van der Waals surface area (Å²) in [5, 5.41) is 2.15. The van der Waals surface area contributed by atoms with Gasteiger partial charge in [-0.05, 0) is 46.4 Å². The molecule has 0 bridgehead atoms. The van der Waals surface area contributed by atoms with E-state index in [9.17, 15) is 14.0 Å². The van der Waals surface area contributed by atoms with Gasteiger partial charge in [0.05, 0.1) is 5.69 Å². The molecule has 0 fully saturated rings. The largest absolute Gasteiger partial charge is 0.294 e. The highest BCUT2D eigenvalue weighted by Crippen LogP contribution is 2.49. The Morgan fingerprint density at radius 2 is 1.68 bits per heavy atom. The van der Waals surface area contributed by atoms with Crippen molar-refractivity contribution in [3.63, 3.8) is 0 Å². The molecule has 3 aromatic carbocycles. The van der Waals surface area contributed by atoms with E-state index in [1.807, 2.05) is 56.3 Å². The van der Waals surface area contributed by atoms with Crippen molar-refractivity contribution in [2.24, 2.45) is 5.41 Å². The number of anilines is 1. The maximum atomic E-state index is 14.0. The van der Waals surface area contributed by atoms with E-state index in [0.29, 0.717) is 24.1 Å². The molecule has 1 heterocycles. The third kappa shape index (κ3) is 3.36. The summed E-state index contributed by atoms with van der Waals surface area (Å²) < 4.78 is 14.0. The number of rotatable bonds is 2. The van der Waals surface area contributed by atoms with E-state index in [4.69, 9.17) is 0 Å². The van der Waals surface area contributed by atoms with E-state index < -0.39 is 5.82 Å². The van der Waals surface area contributed by atoms with Gasteiger partial charge in [-0.15, -0.1) is 0 Å². The molecule has 0 saturated heterocycles. The van der Waals surface area contributed by atoms with Gasteiger partial charge in [-0.3, -0.25) is 14.5 Å². The van der Waals surface area contributed by atoms with Crippen LogP contribution in [0.15, 0.2) is 78.0 Å². The molecule has 0 spiro atoms.